The lowest BCUT2D eigenvalue weighted by Crippen LogP contribution is -2.62. The van der Waals surface area contributed by atoms with Gasteiger partial charge in [-0.3, -0.25) is 15.9 Å². The summed E-state index contributed by atoms with van der Waals surface area (Å²) >= 11 is 0.986. The Morgan fingerprint density at radius 3 is 2.38 bits per heavy atom. The Morgan fingerprint density at radius 1 is 1.17 bits per heavy atom. The van der Waals surface area contributed by atoms with Gasteiger partial charge in [-0.15, -0.1) is 0 Å². The van der Waals surface area contributed by atoms with Crippen LogP contribution in [0.1, 0.15) is 46.1 Å². The van der Waals surface area contributed by atoms with Gasteiger partial charge in [0, 0.05) is 41.5 Å². The molecule has 0 radical (unpaired) electrons. The highest BCUT2D eigenvalue weighted by molar-refractivity contribution is 8.26. The molecule has 0 amide bonds. The summed E-state index contributed by atoms with van der Waals surface area (Å²) in [6.45, 7) is 8.68. The smallest absolute Gasteiger partial charge is 0.162 e. The van der Waals surface area contributed by atoms with E-state index in [2.05, 4.69) is 43.2 Å². The molecule has 29 heavy (non-hydrogen) atoms. The third-order valence-corrected chi connectivity index (χ3v) is 6.19. The summed E-state index contributed by atoms with van der Waals surface area (Å²) in [7, 11) is 1.89. The summed E-state index contributed by atoms with van der Waals surface area (Å²) in [5.74, 6) is -0.471. The fourth-order valence-corrected chi connectivity index (χ4v) is 4.98. The molecule has 2 heterocycles. The first kappa shape index (κ1) is 21.5. The van der Waals surface area contributed by atoms with E-state index >= 15 is 0 Å². The maximum Gasteiger partial charge on any atom is 0.162 e. The van der Waals surface area contributed by atoms with Crippen molar-refractivity contribution < 1.29 is 4.39 Å². The Balaban J connectivity index is 1.69. The quantitative estimate of drug-likeness (QED) is 0.439. The van der Waals surface area contributed by atoms with Gasteiger partial charge in [0.15, 0.2) is 5.17 Å². The van der Waals surface area contributed by atoms with Gasteiger partial charge >= 0.3 is 0 Å². The van der Waals surface area contributed by atoms with Crippen molar-refractivity contribution in [2.75, 3.05) is 7.05 Å². The zero-order valence-corrected chi connectivity index (χ0v) is 18.4. The molecule has 6 nitrogen and oxygen atoms in total. The predicted molar refractivity (Wildman–Crippen MR) is 118 cm³/mol. The highest BCUT2D eigenvalue weighted by Crippen LogP contribution is 2.32. The van der Waals surface area contributed by atoms with Gasteiger partial charge in [-0.25, -0.2) is 4.39 Å². The van der Waals surface area contributed by atoms with Crippen LogP contribution in [0.5, 0.6) is 0 Å². The first-order valence-electron chi connectivity index (χ1n) is 9.64. The first-order chi connectivity index (χ1) is 13.5. The van der Waals surface area contributed by atoms with Gasteiger partial charge in [-0.05, 0) is 70.0 Å². The molecule has 0 aliphatic carbocycles. The number of halogens is 1. The lowest BCUT2D eigenvalue weighted by Gasteiger charge is -2.49. The second-order valence-corrected chi connectivity index (χ2v) is 9.98. The van der Waals surface area contributed by atoms with E-state index < -0.39 is 5.82 Å². The Morgan fingerprint density at radius 2 is 1.83 bits per heavy atom. The number of hydrogen-bond acceptors (Lipinski definition) is 5. The van der Waals surface area contributed by atoms with E-state index in [0.717, 1.165) is 30.2 Å². The van der Waals surface area contributed by atoms with E-state index in [0.29, 0.717) is 5.56 Å². The lowest BCUT2D eigenvalue weighted by atomic mass is 9.79. The van der Waals surface area contributed by atoms with Gasteiger partial charge in [0.05, 0.1) is 6.20 Å². The molecule has 1 aliphatic rings. The monoisotopic (exact) mass is 416 g/mol. The maximum atomic E-state index is 14.6. The molecule has 1 aliphatic heterocycles. The number of benzene rings is 1. The maximum absolute atomic E-state index is 14.6. The van der Waals surface area contributed by atoms with Crippen molar-refractivity contribution in [1.82, 2.24) is 20.4 Å². The van der Waals surface area contributed by atoms with E-state index in [1.807, 2.05) is 11.9 Å². The van der Waals surface area contributed by atoms with Gasteiger partial charge in [-0.2, -0.15) is 5.10 Å². The molecule has 0 unspecified atom stereocenters. The topological polar surface area (TPSA) is 91.7 Å². The predicted octanol–water partition coefficient (Wildman–Crippen LogP) is 4.45. The number of aromatic nitrogens is 2. The van der Waals surface area contributed by atoms with Crippen LogP contribution in [0.4, 0.5) is 4.39 Å². The number of nitrogens with one attached hydrogen (secondary N) is 4. The first-order valence-corrected chi connectivity index (χ1v) is 10.5. The van der Waals surface area contributed by atoms with Crippen LogP contribution < -0.4 is 5.32 Å². The van der Waals surface area contributed by atoms with E-state index in [4.69, 9.17) is 10.8 Å². The number of hydrogen-bond donors (Lipinski definition) is 4. The number of nitrogens with zero attached hydrogens (tertiary/aromatic N) is 2. The molecule has 1 aromatic heterocycles. The summed E-state index contributed by atoms with van der Waals surface area (Å²) in [6.07, 6.45) is 5.12. The van der Waals surface area contributed by atoms with Gasteiger partial charge < -0.3 is 10.2 Å². The molecule has 8 heteroatoms. The Labute approximate surface area is 175 Å². The molecule has 0 bridgehead atoms. The van der Waals surface area contributed by atoms with E-state index in [1.54, 1.807) is 24.5 Å². The minimum atomic E-state index is -0.471. The van der Waals surface area contributed by atoms with Gasteiger partial charge in [0.2, 0.25) is 0 Å². The normalized spacial score (nSPS) is 18.4. The molecule has 0 atom stereocenters. The average Bonchev–Trinajstić information content (AvgIpc) is 3.12. The molecule has 0 saturated carbocycles. The summed E-state index contributed by atoms with van der Waals surface area (Å²) in [5.41, 5.74) is 1.62. The highest BCUT2D eigenvalue weighted by atomic mass is 32.2. The van der Waals surface area contributed by atoms with E-state index in [1.165, 1.54) is 6.07 Å². The molecule has 4 N–H and O–H groups in total. The van der Waals surface area contributed by atoms with E-state index in [-0.39, 0.29) is 32.9 Å². The van der Waals surface area contributed by atoms with Crippen LogP contribution in [0.15, 0.2) is 30.6 Å². The summed E-state index contributed by atoms with van der Waals surface area (Å²) in [4.78, 5) is 1.92. The lowest BCUT2D eigenvalue weighted by molar-refractivity contribution is 0.114. The fourth-order valence-electron chi connectivity index (χ4n) is 4.22. The largest absolute Gasteiger partial charge is 0.351 e. The fraction of sp³-hybridized carbons (Fsp3) is 0.476. The van der Waals surface area contributed by atoms with Crippen molar-refractivity contribution in [2.24, 2.45) is 0 Å². The molecule has 1 aromatic carbocycles. The van der Waals surface area contributed by atoms with Crippen molar-refractivity contribution in [3.8, 4) is 11.1 Å². The van der Waals surface area contributed by atoms with Crippen molar-refractivity contribution in [3.63, 3.8) is 0 Å². The van der Waals surface area contributed by atoms with Crippen LogP contribution in [0.3, 0.4) is 0 Å². The number of aromatic amines is 1. The highest BCUT2D eigenvalue weighted by Gasteiger charge is 2.39. The number of amidine groups is 1. The molecule has 1 fully saturated rings. The van der Waals surface area contributed by atoms with Gasteiger partial charge in [0.1, 0.15) is 10.9 Å². The molecule has 156 valence electrons. The standard InChI is InChI=1S/C21H29FN6S/c1-20(2)9-15(10-21(3,4)27-20)28(5)19(24)29-18(23)16-7-6-13(8-17(16)22)14-11-25-26-12-14/h6-8,11-12,15,23-24,27H,9-10H2,1-5H3,(H,25,26). The Kier molecular flexibility index (Phi) is 5.87. The number of H-pyrrole nitrogens is 1. The minimum Gasteiger partial charge on any atom is -0.351 e. The zero-order valence-electron chi connectivity index (χ0n) is 17.6. The van der Waals surface area contributed by atoms with Crippen molar-refractivity contribution >= 4 is 22.0 Å². The van der Waals surface area contributed by atoms with Crippen molar-refractivity contribution in [3.05, 3.63) is 42.0 Å². The Bertz CT molecular complexity index is 890. The minimum absolute atomic E-state index is 0.0329. The molecule has 3 rings (SSSR count). The van der Waals surface area contributed by atoms with Crippen molar-refractivity contribution in [2.45, 2.75) is 57.7 Å². The van der Waals surface area contributed by atoms with Gasteiger partial charge in [-0.1, -0.05) is 6.07 Å². The second kappa shape index (κ2) is 7.91. The van der Waals surface area contributed by atoms with Crippen LogP contribution >= 0.6 is 11.8 Å². The molecular weight excluding hydrogens is 387 g/mol. The molecular formula is C21H29FN6S. The Hall–Kier alpha value is -2.19. The zero-order chi connectivity index (χ0) is 21.4. The number of piperidine rings is 1. The SMILES string of the molecule is CN(C(=N)SC(=N)c1ccc(-c2cn[nH]c2)cc1F)C1CC(C)(C)NC(C)(C)C1. The summed E-state index contributed by atoms with van der Waals surface area (Å²) < 4.78 is 14.6. The summed E-state index contributed by atoms with van der Waals surface area (Å²) in [5, 5.41) is 27.3. The van der Waals surface area contributed by atoms with Gasteiger partial charge in [0.25, 0.3) is 0 Å². The molecule has 0 spiro atoms. The average molecular weight is 417 g/mol. The molecule has 1 saturated heterocycles. The van der Waals surface area contributed by atoms with Crippen LogP contribution in [0.25, 0.3) is 11.1 Å². The third-order valence-electron chi connectivity index (χ3n) is 5.28. The third kappa shape index (κ3) is 5.05. The van der Waals surface area contributed by atoms with Crippen molar-refractivity contribution in [1.29, 1.82) is 10.8 Å². The van der Waals surface area contributed by atoms with Crippen LogP contribution in [0.2, 0.25) is 0 Å². The summed E-state index contributed by atoms with van der Waals surface area (Å²) in [6, 6.07) is 4.95. The van der Waals surface area contributed by atoms with Crippen LogP contribution in [-0.2, 0) is 0 Å². The number of thioether (sulfide) groups is 1. The van der Waals surface area contributed by atoms with E-state index in [9.17, 15) is 4.39 Å². The number of rotatable bonds is 3. The van der Waals surface area contributed by atoms with Crippen LogP contribution in [0, 0.1) is 16.6 Å². The van der Waals surface area contributed by atoms with Crippen LogP contribution in [-0.4, -0.2) is 49.5 Å². The second-order valence-electron chi connectivity index (χ2n) is 8.98. The molecule has 2 aromatic rings.